The van der Waals surface area contributed by atoms with Gasteiger partial charge in [0.2, 0.25) is 5.71 Å². The predicted molar refractivity (Wildman–Crippen MR) is 88.4 cm³/mol. The third-order valence-corrected chi connectivity index (χ3v) is 4.15. The first-order valence-electron chi connectivity index (χ1n) is 6.79. The molecule has 0 unspecified atom stereocenters. The second-order valence-corrected chi connectivity index (χ2v) is 5.81. The average molecular weight is 321 g/mol. The number of aromatic nitrogens is 1. The van der Waals surface area contributed by atoms with E-state index in [9.17, 15) is 10.1 Å². The zero-order valence-corrected chi connectivity index (χ0v) is 13.0. The number of oxime groups is 1. The summed E-state index contributed by atoms with van der Waals surface area (Å²) in [5, 5.41) is 13.3. The topological polar surface area (TPSA) is 75.3 Å². The predicted octanol–water partition coefficient (Wildman–Crippen LogP) is 3.69. The molecule has 0 bridgehead atoms. The van der Waals surface area contributed by atoms with Gasteiger partial charge in [-0.3, -0.25) is 0 Å². The summed E-state index contributed by atoms with van der Waals surface area (Å²) < 4.78 is 0.940. The first-order chi connectivity index (χ1) is 11.2. The molecule has 6 heteroatoms. The summed E-state index contributed by atoms with van der Waals surface area (Å²) in [7, 11) is 0. The number of hydrogen-bond donors (Lipinski definition) is 0. The van der Waals surface area contributed by atoms with Gasteiger partial charge in [0.1, 0.15) is 6.07 Å². The van der Waals surface area contributed by atoms with E-state index in [1.807, 2.05) is 37.3 Å². The molecule has 0 amide bonds. The van der Waals surface area contributed by atoms with Gasteiger partial charge in [0.15, 0.2) is 5.01 Å². The Morgan fingerprint density at radius 2 is 1.96 bits per heavy atom. The first-order valence-corrected chi connectivity index (χ1v) is 7.61. The molecular formula is C17H11N3O2S. The van der Waals surface area contributed by atoms with E-state index >= 15 is 0 Å². The lowest BCUT2D eigenvalue weighted by Gasteiger charge is -1.98. The van der Waals surface area contributed by atoms with E-state index in [0.29, 0.717) is 10.6 Å². The van der Waals surface area contributed by atoms with Gasteiger partial charge in [-0.15, -0.1) is 11.3 Å². The van der Waals surface area contributed by atoms with Crippen LogP contribution in [0.2, 0.25) is 0 Å². The highest BCUT2D eigenvalue weighted by atomic mass is 32.1. The van der Waals surface area contributed by atoms with Gasteiger partial charge in [-0.25, -0.2) is 9.78 Å². The molecule has 1 aromatic heterocycles. The van der Waals surface area contributed by atoms with E-state index in [4.69, 9.17) is 4.84 Å². The van der Waals surface area contributed by atoms with Crippen molar-refractivity contribution in [1.82, 2.24) is 4.98 Å². The van der Waals surface area contributed by atoms with Crippen LogP contribution >= 0.6 is 11.3 Å². The van der Waals surface area contributed by atoms with Gasteiger partial charge in [-0.2, -0.15) is 5.26 Å². The molecule has 3 aromatic rings. The van der Waals surface area contributed by atoms with Gasteiger partial charge in [0.05, 0.1) is 15.8 Å². The Bertz CT molecular complexity index is 903. The summed E-state index contributed by atoms with van der Waals surface area (Å²) >= 11 is 1.32. The maximum absolute atomic E-state index is 11.9. The molecule has 0 aliphatic rings. The van der Waals surface area contributed by atoms with Gasteiger partial charge in [0, 0.05) is 0 Å². The number of hydrogen-bond acceptors (Lipinski definition) is 6. The highest BCUT2D eigenvalue weighted by molar-refractivity contribution is 7.20. The van der Waals surface area contributed by atoms with E-state index < -0.39 is 5.97 Å². The lowest BCUT2D eigenvalue weighted by atomic mass is 10.2. The van der Waals surface area contributed by atoms with Crippen molar-refractivity contribution in [2.45, 2.75) is 6.92 Å². The molecule has 5 nitrogen and oxygen atoms in total. The van der Waals surface area contributed by atoms with Crippen LogP contribution in [0.1, 0.15) is 20.9 Å². The van der Waals surface area contributed by atoms with Gasteiger partial charge < -0.3 is 4.84 Å². The number of nitrogens with zero attached hydrogens (tertiary/aromatic N) is 3. The number of nitriles is 1. The normalized spacial score (nSPS) is 11.2. The largest absolute Gasteiger partial charge is 0.365 e. The van der Waals surface area contributed by atoms with Gasteiger partial charge >= 0.3 is 5.97 Å². The maximum atomic E-state index is 11.9. The highest BCUT2D eigenvalue weighted by Crippen LogP contribution is 2.22. The van der Waals surface area contributed by atoms with Crippen molar-refractivity contribution in [2.75, 3.05) is 0 Å². The Morgan fingerprint density at radius 3 is 2.65 bits per heavy atom. The third-order valence-electron chi connectivity index (χ3n) is 3.11. The number of thiazole rings is 1. The van der Waals surface area contributed by atoms with Crippen LogP contribution in [0.3, 0.4) is 0 Å². The zero-order valence-electron chi connectivity index (χ0n) is 12.2. The van der Waals surface area contributed by atoms with Crippen molar-refractivity contribution in [3.8, 4) is 6.07 Å². The number of carbonyl (C=O) groups is 1. The van der Waals surface area contributed by atoms with Crippen molar-refractivity contribution in [2.24, 2.45) is 5.16 Å². The Labute approximate surface area is 136 Å². The SMILES string of the molecule is Cc1ccc(C(=O)ON=C(C#N)c2nc3ccccc3s2)cc1. The van der Waals surface area contributed by atoms with Crippen LogP contribution in [-0.4, -0.2) is 16.7 Å². The molecule has 0 saturated heterocycles. The molecule has 0 aliphatic carbocycles. The molecule has 112 valence electrons. The number of benzene rings is 2. The zero-order chi connectivity index (χ0) is 16.2. The maximum Gasteiger partial charge on any atom is 0.365 e. The summed E-state index contributed by atoms with van der Waals surface area (Å²) in [6, 6.07) is 16.3. The molecular weight excluding hydrogens is 310 g/mol. The summed E-state index contributed by atoms with van der Waals surface area (Å²) in [5.41, 5.74) is 2.17. The fraction of sp³-hybridized carbons (Fsp3) is 0.0588. The summed E-state index contributed by atoms with van der Waals surface area (Å²) in [4.78, 5) is 21.1. The van der Waals surface area contributed by atoms with Crippen LogP contribution in [0.5, 0.6) is 0 Å². The third kappa shape index (κ3) is 3.25. The van der Waals surface area contributed by atoms with E-state index in [1.54, 1.807) is 24.3 Å². The molecule has 0 fully saturated rings. The van der Waals surface area contributed by atoms with Crippen LogP contribution in [0.4, 0.5) is 0 Å². The van der Waals surface area contributed by atoms with Crippen molar-refractivity contribution in [3.63, 3.8) is 0 Å². The van der Waals surface area contributed by atoms with E-state index in [-0.39, 0.29) is 5.71 Å². The Kier molecular flexibility index (Phi) is 4.13. The van der Waals surface area contributed by atoms with Crippen molar-refractivity contribution >= 4 is 33.2 Å². The van der Waals surface area contributed by atoms with Crippen LogP contribution in [0.15, 0.2) is 53.7 Å². The second kappa shape index (κ2) is 6.38. The number of fused-ring (bicyclic) bond motifs is 1. The van der Waals surface area contributed by atoms with Gasteiger partial charge in [-0.1, -0.05) is 35.0 Å². The van der Waals surface area contributed by atoms with E-state index in [0.717, 1.165) is 15.8 Å². The smallest absolute Gasteiger partial charge is 0.311 e. The minimum absolute atomic E-state index is 0.0216. The molecule has 0 atom stereocenters. The number of aryl methyl sites for hydroxylation is 1. The summed E-state index contributed by atoms with van der Waals surface area (Å²) in [5.74, 6) is -0.612. The van der Waals surface area contributed by atoms with Gasteiger partial charge in [0.25, 0.3) is 0 Å². The molecule has 0 N–H and O–H groups in total. The molecule has 0 radical (unpaired) electrons. The Hall–Kier alpha value is -3.04. The van der Waals surface area contributed by atoms with Crippen LogP contribution in [-0.2, 0) is 4.84 Å². The molecule has 1 heterocycles. The highest BCUT2D eigenvalue weighted by Gasteiger charge is 2.13. The fourth-order valence-electron chi connectivity index (χ4n) is 1.91. The van der Waals surface area contributed by atoms with Crippen LogP contribution in [0, 0.1) is 18.3 Å². The van der Waals surface area contributed by atoms with Crippen molar-refractivity contribution < 1.29 is 9.63 Å². The fourth-order valence-corrected chi connectivity index (χ4v) is 2.81. The molecule has 0 spiro atoms. The van der Waals surface area contributed by atoms with Crippen LogP contribution in [0.25, 0.3) is 10.2 Å². The molecule has 2 aromatic carbocycles. The number of para-hydroxylation sites is 1. The molecule has 3 rings (SSSR count). The van der Waals surface area contributed by atoms with Crippen molar-refractivity contribution in [1.29, 1.82) is 5.26 Å². The van der Waals surface area contributed by atoms with E-state index in [2.05, 4.69) is 10.1 Å². The molecule has 23 heavy (non-hydrogen) atoms. The lowest BCUT2D eigenvalue weighted by molar-refractivity contribution is 0.0517. The Morgan fingerprint density at radius 1 is 1.22 bits per heavy atom. The van der Waals surface area contributed by atoms with Crippen molar-refractivity contribution in [3.05, 3.63) is 64.7 Å². The summed E-state index contributed by atoms with van der Waals surface area (Å²) in [6.07, 6.45) is 0. The second-order valence-electron chi connectivity index (χ2n) is 4.78. The van der Waals surface area contributed by atoms with Gasteiger partial charge in [-0.05, 0) is 31.2 Å². The number of rotatable bonds is 3. The average Bonchev–Trinajstić information content (AvgIpc) is 2.99. The molecule has 0 aliphatic heterocycles. The Balaban J connectivity index is 1.83. The minimum atomic E-state index is -0.612. The van der Waals surface area contributed by atoms with Crippen LogP contribution < -0.4 is 0 Å². The standard InChI is InChI=1S/C17H11N3O2S/c1-11-6-8-12(9-7-11)17(21)22-20-14(10-18)16-19-13-4-2-3-5-15(13)23-16/h2-9H,1H3. The number of carbonyl (C=O) groups excluding carboxylic acids is 1. The quantitative estimate of drug-likeness (QED) is 0.419. The minimum Gasteiger partial charge on any atom is -0.311 e. The monoisotopic (exact) mass is 321 g/mol. The lowest BCUT2D eigenvalue weighted by Crippen LogP contribution is -2.04. The summed E-state index contributed by atoms with van der Waals surface area (Å²) in [6.45, 7) is 1.92. The first kappa shape index (κ1) is 14.9. The molecule has 0 saturated carbocycles. The van der Waals surface area contributed by atoms with E-state index in [1.165, 1.54) is 11.3 Å².